The molecule has 0 saturated heterocycles. The molecule has 0 aliphatic heterocycles. The molecule has 0 radical (unpaired) electrons. The predicted molar refractivity (Wildman–Crippen MR) is 96.2 cm³/mol. The normalized spacial score (nSPS) is 17.0. The number of ether oxygens (including phenoxy) is 1. The summed E-state index contributed by atoms with van der Waals surface area (Å²) in [4.78, 5) is 17.5. The van der Waals surface area contributed by atoms with Crippen LogP contribution in [0.15, 0.2) is 48.5 Å². The molecule has 0 heterocycles. The van der Waals surface area contributed by atoms with Crippen molar-refractivity contribution in [2.75, 3.05) is 6.61 Å². The van der Waals surface area contributed by atoms with Crippen LogP contribution in [0, 0.1) is 0 Å². The summed E-state index contributed by atoms with van der Waals surface area (Å²) in [5.41, 5.74) is 7.34. The fourth-order valence-corrected chi connectivity index (χ4v) is 3.94. The van der Waals surface area contributed by atoms with E-state index in [2.05, 4.69) is 29.7 Å². The number of carbonyl (C=O) groups is 1. The zero-order valence-electron chi connectivity index (χ0n) is 14.2. The lowest BCUT2D eigenvalue weighted by molar-refractivity contribution is -0.0388. The number of fused-ring (bicyclic) bond motifs is 3. The summed E-state index contributed by atoms with van der Waals surface area (Å²) in [6.07, 6.45) is 5.20. The second-order valence-electron chi connectivity index (χ2n) is 6.81. The van der Waals surface area contributed by atoms with Crippen molar-refractivity contribution in [1.29, 1.82) is 0 Å². The van der Waals surface area contributed by atoms with Crippen LogP contribution in [0.25, 0.3) is 11.1 Å². The lowest BCUT2D eigenvalue weighted by Gasteiger charge is -2.21. The average Bonchev–Trinajstić information content (AvgIpc) is 2.99. The molecule has 130 valence electrons. The smallest absolute Gasteiger partial charge is 0.431 e. The number of hydrogen-bond donors (Lipinski definition) is 1. The molecule has 0 bridgehead atoms. The molecule has 1 saturated carbocycles. The maximum absolute atomic E-state index is 12.0. The maximum Gasteiger partial charge on any atom is 0.431 e. The second kappa shape index (κ2) is 7.28. The molecule has 2 aromatic carbocycles. The molecule has 1 N–H and O–H groups in total. The number of hydroxylamine groups is 1. The summed E-state index contributed by atoms with van der Waals surface area (Å²) in [5.74, 6) is 0.0767. The lowest BCUT2D eigenvalue weighted by Crippen LogP contribution is -2.32. The second-order valence-corrected chi connectivity index (χ2v) is 6.81. The first-order valence-electron chi connectivity index (χ1n) is 9.09. The third kappa shape index (κ3) is 3.40. The molecule has 4 rings (SSSR count). The van der Waals surface area contributed by atoms with Crippen LogP contribution in [-0.4, -0.2) is 18.8 Å². The Morgan fingerprint density at radius 3 is 2.16 bits per heavy atom. The van der Waals surface area contributed by atoms with Crippen LogP contribution in [0.5, 0.6) is 0 Å². The van der Waals surface area contributed by atoms with Crippen molar-refractivity contribution < 1.29 is 14.4 Å². The molecular weight excluding hydrogens is 314 g/mol. The van der Waals surface area contributed by atoms with E-state index < -0.39 is 6.09 Å². The molecular formula is C21H23NO3. The summed E-state index contributed by atoms with van der Waals surface area (Å²) in [6.45, 7) is 0.313. The Bertz CT molecular complexity index is 707. The highest BCUT2D eigenvalue weighted by molar-refractivity contribution is 5.79. The number of rotatable bonds is 4. The van der Waals surface area contributed by atoms with Crippen LogP contribution in [-0.2, 0) is 9.57 Å². The predicted octanol–water partition coefficient (Wildman–Crippen LogP) is 4.79. The van der Waals surface area contributed by atoms with Gasteiger partial charge in [0.15, 0.2) is 0 Å². The van der Waals surface area contributed by atoms with Crippen LogP contribution in [0.4, 0.5) is 4.79 Å². The molecule has 4 heteroatoms. The van der Waals surface area contributed by atoms with E-state index in [0.29, 0.717) is 6.61 Å². The van der Waals surface area contributed by atoms with E-state index in [9.17, 15) is 4.79 Å². The standard InChI is InChI=1S/C21H23NO3/c23-21(22-25-15-8-2-1-3-9-15)24-14-20-18-12-6-4-10-16(18)17-11-5-7-13-19(17)20/h4-7,10-13,15,20H,1-3,8-9,14H2,(H,22,23). The van der Waals surface area contributed by atoms with Gasteiger partial charge in [0, 0.05) is 5.92 Å². The van der Waals surface area contributed by atoms with Crippen molar-refractivity contribution in [3.05, 3.63) is 59.7 Å². The molecule has 0 atom stereocenters. The minimum absolute atomic E-state index is 0.0767. The van der Waals surface area contributed by atoms with E-state index in [0.717, 1.165) is 25.7 Å². The topological polar surface area (TPSA) is 47.6 Å². The number of carbonyl (C=O) groups excluding carboxylic acids is 1. The van der Waals surface area contributed by atoms with Crippen molar-refractivity contribution in [3.8, 4) is 11.1 Å². The highest BCUT2D eigenvalue weighted by Crippen LogP contribution is 2.44. The first-order valence-corrected chi connectivity index (χ1v) is 9.09. The Morgan fingerprint density at radius 1 is 0.920 bits per heavy atom. The van der Waals surface area contributed by atoms with Gasteiger partial charge >= 0.3 is 6.09 Å². The van der Waals surface area contributed by atoms with Gasteiger partial charge < -0.3 is 4.74 Å². The molecule has 2 aromatic rings. The summed E-state index contributed by atoms with van der Waals surface area (Å²) in [6, 6.07) is 16.6. The van der Waals surface area contributed by atoms with Gasteiger partial charge in [-0.25, -0.2) is 4.79 Å². The van der Waals surface area contributed by atoms with Gasteiger partial charge in [0.2, 0.25) is 0 Å². The minimum Gasteiger partial charge on any atom is -0.447 e. The van der Waals surface area contributed by atoms with E-state index in [1.807, 2.05) is 24.3 Å². The van der Waals surface area contributed by atoms with Crippen molar-refractivity contribution in [3.63, 3.8) is 0 Å². The monoisotopic (exact) mass is 337 g/mol. The Balaban J connectivity index is 1.38. The Morgan fingerprint density at radius 2 is 1.52 bits per heavy atom. The maximum atomic E-state index is 12.0. The zero-order valence-corrected chi connectivity index (χ0v) is 14.2. The van der Waals surface area contributed by atoms with Crippen molar-refractivity contribution >= 4 is 6.09 Å². The van der Waals surface area contributed by atoms with E-state index in [1.54, 1.807) is 0 Å². The average molecular weight is 337 g/mol. The lowest BCUT2D eigenvalue weighted by atomic mass is 9.98. The third-order valence-electron chi connectivity index (χ3n) is 5.20. The summed E-state index contributed by atoms with van der Waals surface area (Å²) >= 11 is 0. The van der Waals surface area contributed by atoms with Gasteiger partial charge in [-0.05, 0) is 35.1 Å². The van der Waals surface area contributed by atoms with Gasteiger partial charge in [0.05, 0.1) is 6.10 Å². The molecule has 25 heavy (non-hydrogen) atoms. The fraction of sp³-hybridized carbons (Fsp3) is 0.381. The van der Waals surface area contributed by atoms with Crippen molar-refractivity contribution in [1.82, 2.24) is 5.48 Å². The Labute approximate surface area is 148 Å². The Kier molecular flexibility index (Phi) is 4.70. The van der Waals surface area contributed by atoms with E-state index in [4.69, 9.17) is 9.57 Å². The molecule has 0 unspecified atom stereocenters. The number of nitrogens with one attached hydrogen (secondary N) is 1. The quantitative estimate of drug-likeness (QED) is 0.816. The molecule has 1 fully saturated rings. The first-order chi connectivity index (χ1) is 12.3. The van der Waals surface area contributed by atoms with E-state index in [1.165, 1.54) is 28.7 Å². The SMILES string of the molecule is O=C(NOC1CCCCC1)OCC1c2ccccc2-c2ccccc21. The summed E-state index contributed by atoms with van der Waals surface area (Å²) in [7, 11) is 0. The third-order valence-corrected chi connectivity index (χ3v) is 5.20. The molecule has 4 nitrogen and oxygen atoms in total. The fourth-order valence-electron chi connectivity index (χ4n) is 3.94. The summed E-state index contributed by atoms with van der Waals surface area (Å²) < 4.78 is 5.46. The van der Waals surface area contributed by atoms with Crippen LogP contribution in [0.2, 0.25) is 0 Å². The van der Waals surface area contributed by atoms with Gasteiger partial charge in [-0.15, -0.1) is 0 Å². The van der Waals surface area contributed by atoms with Crippen LogP contribution in [0.3, 0.4) is 0 Å². The molecule has 2 aliphatic rings. The number of hydrogen-bond acceptors (Lipinski definition) is 3. The van der Waals surface area contributed by atoms with Crippen LogP contribution < -0.4 is 5.48 Å². The van der Waals surface area contributed by atoms with Gasteiger partial charge in [0.1, 0.15) is 6.61 Å². The first kappa shape index (κ1) is 16.2. The van der Waals surface area contributed by atoms with E-state index in [-0.39, 0.29) is 12.0 Å². The molecule has 0 aromatic heterocycles. The van der Waals surface area contributed by atoms with E-state index >= 15 is 0 Å². The van der Waals surface area contributed by atoms with Gasteiger partial charge in [-0.2, -0.15) is 5.48 Å². The van der Waals surface area contributed by atoms with Crippen LogP contribution >= 0.6 is 0 Å². The minimum atomic E-state index is -0.507. The number of amides is 1. The molecule has 2 aliphatic carbocycles. The molecule has 0 spiro atoms. The number of benzene rings is 2. The van der Waals surface area contributed by atoms with Crippen LogP contribution in [0.1, 0.15) is 49.1 Å². The highest BCUT2D eigenvalue weighted by atomic mass is 16.7. The highest BCUT2D eigenvalue weighted by Gasteiger charge is 2.29. The van der Waals surface area contributed by atoms with Gasteiger partial charge in [0.25, 0.3) is 0 Å². The Hall–Kier alpha value is -2.33. The van der Waals surface area contributed by atoms with Crippen molar-refractivity contribution in [2.45, 2.75) is 44.1 Å². The zero-order chi connectivity index (χ0) is 17.1. The summed E-state index contributed by atoms with van der Waals surface area (Å²) in [5, 5.41) is 0. The van der Waals surface area contributed by atoms with Crippen molar-refractivity contribution in [2.24, 2.45) is 0 Å². The van der Waals surface area contributed by atoms with Gasteiger partial charge in [-0.3, -0.25) is 4.84 Å². The van der Waals surface area contributed by atoms with Gasteiger partial charge in [-0.1, -0.05) is 67.8 Å². The molecule has 1 amide bonds. The largest absolute Gasteiger partial charge is 0.447 e.